The van der Waals surface area contributed by atoms with Gasteiger partial charge >= 0.3 is 0 Å². The minimum atomic E-state index is -0.346. The van der Waals surface area contributed by atoms with E-state index < -0.39 is 0 Å². The lowest BCUT2D eigenvalue weighted by Crippen LogP contribution is -2.40. The van der Waals surface area contributed by atoms with E-state index in [-0.39, 0.29) is 18.0 Å². The van der Waals surface area contributed by atoms with Crippen molar-refractivity contribution in [2.45, 2.75) is 65.6 Å². The summed E-state index contributed by atoms with van der Waals surface area (Å²) in [5, 5.41) is 15.4. The Hall–Kier alpha value is -1.80. The van der Waals surface area contributed by atoms with Crippen molar-refractivity contribution >= 4 is 22.4 Å². The minimum Gasteiger partial charge on any atom is -0.314 e. The molecule has 8 heteroatoms. The Morgan fingerprint density at radius 2 is 2.04 bits per heavy atom. The number of hydrogen-bond acceptors (Lipinski definition) is 6. The van der Waals surface area contributed by atoms with E-state index in [0.29, 0.717) is 5.13 Å². The van der Waals surface area contributed by atoms with Gasteiger partial charge in [-0.2, -0.15) is 0 Å². The van der Waals surface area contributed by atoms with Crippen LogP contribution in [0.3, 0.4) is 0 Å². The predicted molar refractivity (Wildman–Crippen MR) is 94.2 cm³/mol. The van der Waals surface area contributed by atoms with Crippen molar-refractivity contribution in [1.82, 2.24) is 25.1 Å². The Morgan fingerprint density at radius 1 is 1.25 bits per heavy atom. The molecule has 0 aromatic carbocycles. The summed E-state index contributed by atoms with van der Waals surface area (Å²) in [6.45, 7) is 8.78. The summed E-state index contributed by atoms with van der Waals surface area (Å²) in [6, 6.07) is -0.383. The third kappa shape index (κ3) is 3.49. The third-order valence-corrected chi connectivity index (χ3v) is 5.42. The average molecular weight is 348 g/mol. The molecule has 1 amide bonds. The Bertz CT molecular complexity index is 718. The van der Waals surface area contributed by atoms with Gasteiger partial charge in [0.15, 0.2) is 5.13 Å². The van der Waals surface area contributed by atoms with Crippen LogP contribution in [0.25, 0.3) is 0 Å². The standard InChI is InChI=1S/C16H24N6OS/c1-9-12(4)24-16(18-9)19-15(23)11(3)17-10(2)14-21-20-13-7-5-6-8-22(13)14/h10-11,17H,5-8H2,1-4H3,(H,18,19,23)/t10-,11+/m0/s1. The van der Waals surface area contributed by atoms with E-state index in [0.717, 1.165) is 41.6 Å². The lowest BCUT2D eigenvalue weighted by Gasteiger charge is -2.21. The minimum absolute atomic E-state index is 0.0372. The molecule has 24 heavy (non-hydrogen) atoms. The SMILES string of the molecule is Cc1nc(NC(=O)[C@@H](C)N[C@@H](C)c2nnc3n2CCCC3)sc1C. The summed E-state index contributed by atoms with van der Waals surface area (Å²) in [4.78, 5) is 17.8. The normalized spacial score (nSPS) is 16.5. The van der Waals surface area contributed by atoms with Gasteiger partial charge in [0.25, 0.3) is 0 Å². The number of nitrogens with one attached hydrogen (secondary N) is 2. The van der Waals surface area contributed by atoms with Crippen LogP contribution in [-0.4, -0.2) is 31.7 Å². The first-order valence-electron chi connectivity index (χ1n) is 8.38. The van der Waals surface area contributed by atoms with Gasteiger partial charge in [-0.05, 0) is 40.5 Å². The molecule has 7 nitrogen and oxygen atoms in total. The highest BCUT2D eigenvalue weighted by Gasteiger charge is 2.23. The van der Waals surface area contributed by atoms with Crippen molar-refractivity contribution in [3.63, 3.8) is 0 Å². The summed E-state index contributed by atoms with van der Waals surface area (Å²) in [5.41, 5.74) is 0.958. The van der Waals surface area contributed by atoms with E-state index in [1.54, 1.807) is 0 Å². The van der Waals surface area contributed by atoms with Crippen molar-refractivity contribution in [2.24, 2.45) is 0 Å². The average Bonchev–Trinajstić information content (AvgIpc) is 3.11. The molecule has 0 unspecified atom stereocenters. The van der Waals surface area contributed by atoms with Gasteiger partial charge in [-0.3, -0.25) is 10.1 Å². The van der Waals surface area contributed by atoms with Crippen LogP contribution < -0.4 is 10.6 Å². The van der Waals surface area contributed by atoms with Crippen molar-refractivity contribution in [3.05, 3.63) is 22.2 Å². The van der Waals surface area contributed by atoms with Crippen LogP contribution in [0.15, 0.2) is 0 Å². The molecule has 0 aliphatic carbocycles. The molecule has 2 aromatic rings. The van der Waals surface area contributed by atoms with Crippen LogP contribution in [0, 0.1) is 13.8 Å². The van der Waals surface area contributed by atoms with Gasteiger partial charge < -0.3 is 9.88 Å². The molecular formula is C16H24N6OS. The highest BCUT2D eigenvalue weighted by molar-refractivity contribution is 7.15. The number of rotatable bonds is 5. The van der Waals surface area contributed by atoms with Gasteiger partial charge in [0.05, 0.1) is 17.8 Å². The zero-order valence-corrected chi connectivity index (χ0v) is 15.4. The first-order valence-corrected chi connectivity index (χ1v) is 9.20. The van der Waals surface area contributed by atoms with E-state index in [4.69, 9.17) is 0 Å². The highest BCUT2D eigenvalue weighted by Crippen LogP contribution is 2.22. The van der Waals surface area contributed by atoms with Crippen LogP contribution in [0.4, 0.5) is 5.13 Å². The summed E-state index contributed by atoms with van der Waals surface area (Å²) in [7, 11) is 0. The fourth-order valence-corrected chi connectivity index (χ4v) is 3.73. The second-order valence-corrected chi connectivity index (χ2v) is 7.55. The second kappa shape index (κ2) is 6.98. The van der Waals surface area contributed by atoms with Crippen molar-refractivity contribution < 1.29 is 4.79 Å². The molecule has 1 aliphatic heterocycles. The summed E-state index contributed by atoms with van der Waals surface area (Å²) < 4.78 is 2.18. The lowest BCUT2D eigenvalue weighted by atomic mass is 10.1. The number of carbonyl (C=O) groups is 1. The van der Waals surface area contributed by atoms with E-state index in [1.165, 1.54) is 17.8 Å². The maximum atomic E-state index is 12.4. The predicted octanol–water partition coefficient (Wildman–Crippen LogP) is 2.37. The molecule has 130 valence electrons. The van der Waals surface area contributed by atoms with Gasteiger partial charge in [-0.15, -0.1) is 21.5 Å². The zero-order valence-electron chi connectivity index (χ0n) is 14.6. The van der Waals surface area contributed by atoms with Gasteiger partial charge in [-0.1, -0.05) is 0 Å². The molecule has 0 spiro atoms. The van der Waals surface area contributed by atoms with Crippen LogP contribution in [-0.2, 0) is 17.8 Å². The number of carbonyl (C=O) groups excluding carboxylic acids is 1. The van der Waals surface area contributed by atoms with Gasteiger partial charge in [0.1, 0.15) is 11.6 Å². The fraction of sp³-hybridized carbons (Fsp3) is 0.625. The Balaban J connectivity index is 1.62. The van der Waals surface area contributed by atoms with Gasteiger partial charge in [0, 0.05) is 17.8 Å². The van der Waals surface area contributed by atoms with E-state index >= 15 is 0 Å². The van der Waals surface area contributed by atoms with Crippen LogP contribution in [0.5, 0.6) is 0 Å². The molecule has 2 aromatic heterocycles. The summed E-state index contributed by atoms with van der Waals surface area (Å²) >= 11 is 1.50. The van der Waals surface area contributed by atoms with E-state index in [9.17, 15) is 4.79 Å². The van der Waals surface area contributed by atoms with E-state index in [1.807, 2.05) is 27.7 Å². The molecule has 0 saturated heterocycles. The highest BCUT2D eigenvalue weighted by atomic mass is 32.1. The number of nitrogens with zero attached hydrogens (tertiary/aromatic N) is 4. The number of amides is 1. The smallest absolute Gasteiger partial charge is 0.243 e. The molecule has 0 radical (unpaired) electrons. The first-order chi connectivity index (χ1) is 11.5. The summed E-state index contributed by atoms with van der Waals surface area (Å²) in [5.74, 6) is 1.87. The number of aromatic nitrogens is 4. The molecule has 0 bridgehead atoms. The maximum Gasteiger partial charge on any atom is 0.243 e. The number of thiazole rings is 1. The molecular weight excluding hydrogens is 324 g/mol. The molecule has 0 saturated carbocycles. The van der Waals surface area contributed by atoms with Gasteiger partial charge in [0.2, 0.25) is 5.91 Å². The Kier molecular flexibility index (Phi) is 4.96. The number of hydrogen-bond donors (Lipinski definition) is 2. The second-order valence-electron chi connectivity index (χ2n) is 6.34. The fourth-order valence-electron chi connectivity index (χ4n) is 2.92. The lowest BCUT2D eigenvalue weighted by molar-refractivity contribution is -0.118. The monoisotopic (exact) mass is 348 g/mol. The topological polar surface area (TPSA) is 84.7 Å². The van der Waals surface area contributed by atoms with Gasteiger partial charge in [-0.25, -0.2) is 4.98 Å². The van der Waals surface area contributed by atoms with Crippen molar-refractivity contribution in [1.29, 1.82) is 0 Å². The Morgan fingerprint density at radius 3 is 2.75 bits per heavy atom. The number of anilines is 1. The molecule has 2 atom stereocenters. The zero-order chi connectivity index (χ0) is 17.3. The molecule has 3 rings (SSSR count). The molecule has 2 N–H and O–H groups in total. The largest absolute Gasteiger partial charge is 0.314 e. The van der Waals surface area contributed by atoms with Crippen molar-refractivity contribution in [2.75, 3.05) is 5.32 Å². The van der Waals surface area contributed by atoms with Crippen LogP contribution in [0.1, 0.15) is 55.0 Å². The molecule has 3 heterocycles. The van der Waals surface area contributed by atoms with Crippen LogP contribution >= 0.6 is 11.3 Å². The van der Waals surface area contributed by atoms with Crippen molar-refractivity contribution in [3.8, 4) is 0 Å². The quantitative estimate of drug-likeness (QED) is 0.866. The number of aryl methyl sites for hydroxylation is 3. The third-order valence-electron chi connectivity index (χ3n) is 4.43. The molecule has 0 fully saturated rings. The van der Waals surface area contributed by atoms with E-state index in [2.05, 4.69) is 30.4 Å². The summed E-state index contributed by atoms with van der Waals surface area (Å²) in [6.07, 6.45) is 3.31. The number of fused-ring (bicyclic) bond motifs is 1. The maximum absolute atomic E-state index is 12.4. The van der Waals surface area contributed by atoms with Crippen LogP contribution in [0.2, 0.25) is 0 Å². The first kappa shape index (κ1) is 17.0. The Labute approximate surface area is 145 Å². The molecule has 1 aliphatic rings.